The van der Waals surface area contributed by atoms with Gasteiger partial charge < -0.3 is 10.2 Å². The van der Waals surface area contributed by atoms with Gasteiger partial charge in [-0.25, -0.2) is 4.98 Å². The lowest BCUT2D eigenvalue weighted by Gasteiger charge is -2.26. The van der Waals surface area contributed by atoms with E-state index in [0.29, 0.717) is 36.7 Å². The van der Waals surface area contributed by atoms with Crippen molar-refractivity contribution in [3.8, 4) is 11.1 Å². The van der Waals surface area contributed by atoms with E-state index >= 15 is 0 Å². The second kappa shape index (κ2) is 7.15. The molecule has 8 nitrogen and oxygen atoms in total. The number of anilines is 2. The minimum absolute atomic E-state index is 0.00475. The predicted molar refractivity (Wildman–Crippen MR) is 103 cm³/mol. The van der Waals surface area contributed by atoms with Gasteiger partial charge in [0.05, 0.1) is 6.54 Å². The number of aromatic nitrogens is 5. The van der Waals surface area contributed by atoms with Gasteiger partial charge in [0.25, 0.3) is 0 Å². The smallest absolute Gasteiger partial charge is 0.338 e. The fourth-order valence-electron chi connectivity index (χ4n) is 3.62. The van der Waals surface area contributed by atoms with Crippen molar-refractivity contribution in [1.82, 2.24) is 29.4 Å². The maximum Gasteiger partial charge on any atom is 0.435 e. The topological polar surface area (TPSA) is 80.9 Å². The van der Waals surface area contributed by atoms with E-state index in [-0.39, 0.29) is 11.5 Å². The van der Waals surface area contributed by atoms with Gasteiger partial charge in [-0.1, -0.05) is 0 Å². The first-order chi connectivity index (χ1) is 14.1. The molecule has 11 heteroatoms. The lowest BCUT2D eigenvalue weighted by atomic mass is 10.1. The summed E-state index contributed by atoms with van der Waals surface area (Å²) in [7, 11) is 3.28. The highest BCUT2D eigenvalue weighted by atomic mass is 19.4. The van der Waals surface area contributed by atoms with E-state index in [1.807, 2.05) is 7.05 Å². The highest BCUT2D eigenvalue weighted by Crippen LogP contribution is 2.36. The Kier molecular flexibility index (Phi) is 4.75. The number of carbonyl (C=O) groups excluding carboxylic acids is 1. The molecule has 3 aromatic heterocycles. The third-order valence-corrected chi connectivity index (χ3v) is 5.11. The molecule has 1 aliphatic rings. The molecule has 158 valence electrons. The van der Waals surface area contributed by atoms with Crippen LogP contribution < -0.4 is 5.32 Å². The molecular weight excluding hydrogens is 399 g/mol. The predicted octanol–water partition coefficient (Wildman–Crippen LogP) is 2.88. The molecule has 0 saturated heterocycles. The third-order valence-electron chi connectivity index (χ3n) is 5.11. The summed E-state index contributed by atoms with van der Waals surface area (Å²) in [4.78, 5) is 17.7. The van der Waals surface area contributed by atoms with Crippen LogP contribution in [0.4, 0.5) is 24.8 Å². The average Bonchev–Trinajstić information content (AvgIpc) is 3.23. The van der Waals surface area contributed by atoms with Crippen LogP contribution in [-0.4, -0.2) is 41.9 Å². The molecule has 0 spiro atoms. The van der Waals surface area contributed by atoms with E-state index in [4.69, 9.17) is 0 Å². The second-order valence-corrected chi connectivity index (χ2v) is 7.21. The monoisotopic (exact) mass is 419 g/mol. The Bertz CT molecular complexity index is 1100. The molecule has 4 heterocycles. The quantitative estimate of drug-likeness (QED) is 0.706. The van der Waals surface area contributed by atoms with Crippen molar-refractivity contribution in [2.24, 2.45) is 14.1 Å². The van der Waals surface area contributed by atoms with Gasteiger partial charge in [0.15, 0.2) is 11.5 Å². The maximum atomic E-state index is 13.2. The van der Waals surface area contributed by atoms with Crippen molar-refractivity contribution in [1.29, 1.82) is 0 Å². The Labute approximate surface area is 170 Å². The molecule has 0 atom stereocenters. The molecular formula is C19H20F3N7O. The average molecular weight is 419 g/mol. The number of nitrogens with one attached hydrogen (secondary N) is 1. The van der Waals surface area contributed by atoms with E-state index < -0.39 is 11.9 Å². The third kappa shape index (κ3) is 3.62. The van der Waals surface area contributed by atoms with Crippen molar-refractivity contribution in [3.05, 3.63) is 41.5 Å². The molecule has 0 radical (unpaired) electrons. The van der Waals surface area contributed by atoms with Crippen molar-refractivity contribution >= 4 is 17.5 Å². The van der Waals surface area contributed by atoms with Gasteiger partial charge in [-0.2, -0.15) is 23.4 Å². The van der Waals surface area contributed by atoms with Crippen LogP contribution in [0.3, 0.4) is 0 Å². The molecule has 1 N–H and O–H groups in total. The molecule has 3 aromatic rings. The zero-order valence-electron chi connectivity index (χ0n) is 16.7. The first kappa shape index (κ1) is 19.9. The molecule has 4 rings (SSSR count). The minimum Gasteiger partial charge on any atom is -0.338 e. The van der Waals surface area contributed by atoms with E-state index in [2.05, 4.69) is 20.5 Å². The fraction of sp³-hybridized carbons (Fsp3) is 0.368. The van der Waals surface area contributed by atoms with Crippen molar-refractivity contribution < 1.29 is 18.0 Å². The number of nitrogens with zero attached hydrogens (tertiary/aromatic N) is 6. The fourth-order valence-corrected chi connectivity index (χ4v) is 3.62. The summed E-state index contributed by atoms with van der Waals surface area (Å²) in [5.74, 6) is 1.02. The summed E-state index contributed by atoms with van der Waals surface area (Å²) >= 11 is 0. The van der Waals surface area contributed by atoms with Gasteiger partial charge in [-0.3, -0.25) is 14.2 Å². The van der Waals surface area contributed by atoms with Crippen LogP contribution in [0.25, 0.3) is 11.1 Å². The number of carbonyl (C=O) groups is 1. The summed E-state index contributed by atoms with van der Waals surface area (Å²) in [6.45, 7) is 2.62. The lowest BCUT2D eigenvalue weighted by Crippen LogP contribution is -2.34. The molecule has 1 amide bonds. The van der Waals surface area contributed by atoms with Gasteiger partial charge in [0.2, 0.25) is 5.91 Å². The van der Waals surface area contributed by atoms with Crippen molar-refractivity contribution in [2.75, 3.05) is 11.9 Å². The standard InChI is InChI=1S/C19H20F3N7O/c1-11(30)29-7-6-15-14(10-29)18(26-28(15)3)24-16-5-4-12(8-23-16)13-9-27(2)25-17(13)19(20,21)22/h4-5,8-9H,6-7,10H2,1-3H3,(H,23,24,26). The van der Waals surface area contributed by atoms with Crippen LogP contribution in [0.2, 0.25) is 0 Å². The van der Waals surface area contributed by atoms with Gasteiger partial charge in [-0.15, -0.1) is 0 Å². The van der Waals surface area contributed by atoms with Crippen LogP contribution in [0.1, 0.15) is 23.9 Å². The van der Waals surface area contributed by atoms with Crippen LogP contribution in [-0.2, 0) is 38.0 Å². The molecule has 1 aliphatic heterocycles. The molecule has 0 fully saturated rings. The molecule has 0 aliphatic carbocycles. The normalized spacial score (nSPS) is 14.0. The number of pyridine rings is 1. The zero-order valence-corrected chi connectivity index (χ0v) is 16.7. The molecule has 30 heavy (non-hydrogen) atoms. The Morgan fingerprint density at radius 1 is 1.20 bits per heavy atom. The molecule has 0 bridgehead atoms. The number of halogens is 3. The van der Waals surface area contributed by atoms with E-state index in [9.17, 15) is 18.0 Å². The summed E-state index contributed by atoms with van der Waals surface area (Å²) in [6, 6.07) is 3.15. The Morgan fingerprint density at radius 3 is 2.60 bits per heavy atom. The highest BCUT2D eigenvalue weighted by Gasteiger charge is 2.37. The first-order valence-electron chi connectivity index (χ1n) is 9.28. The number of hydrogen-bond acceptors (Lipinski definition) is 5. The van der Waals surface area contributed by atoms with Gasteiger partial charge in [0.1, 0.15) is 5.82 Å². The zero-order chi connectivity index (χ0) is 21.6. The summed E-state index contributed by atoms with van der Waals surface area (Å²) in [6.07, 6.45) is -1.17. The van der Waals surface area contributed by atoms with Crippen LogP contribution in [0.15, 0.2) is 24.5 Å². The number of fused-ring (bicyclic) bond motifs is 1. The van der Waals surface area contributed by atoms with Crippen LogP contribution >= 0.6 is 0 Å². The van der Waals surface area contributed by atoms with E-state index in [0.717, 1.165) is 15.9 Å². The minimum atomic E-state index is -4.55. The Morgan fingerprint density at radius 2 is 1.97 bits per heavy atom. The molecule has 0 unspecified atom stereocenters. The van der Waals surface area contributed by atoms with Crippen LogP contribution in [0.5, 0.6) is 0 Å². The Balaban J connectivity index is 1.60. The molecule has 0 saturated carbocycles. The van der Waals surface area contributed by atoms with Crippen LogP contribution in [0, 0.1) is 0 Å². The summed E-state index contributed by atoms with van der Waals surface area (Å²) in [5.41, 5.74) is 1.28. The largest absolute Gasteiger partial charge is 0.435 e. The van der Waals surface area contributed by atoms with Crippen molar-refractivity contribution in [2.45, 2.75) is 26.1 Å². The second-order valence-electron chi connectivity index (χ2n) is 7.21. The summed E-state index contributed by atoms with van der Waals surface area (Å²) in [5, 5.41) is 11.1. The molecule has 0 aromatic carbocycles. The first-order valence-corrected chi connectivity index (χ1v) is 9.28. The summed E-state index contributed by atoms with van der Waals surface area (Å²) < 4.78 is 42.6. The van der Waals surface area contributed by atoms with E-state index in [1.165, 1.54) is 26.4 Å². The number of aryl methyl sites for hydroxylation is 2. The highest BCUT2D eigenvalue weighted by molar-refractivity contribution is 5.74. The Hall–Kier alpha value is -3.37. The van der Waals surface area contributed by atoms with Crippen molar-refractivity contribution in [3.63, 3.8) is 0 Å². The van der Waals surface area contributed by atoms with Gasteiger partial charge in [-0.05, 0) is 12.1 Å². The lowest BCUT2D eigenvalue weighted by molar-refractivity contribution is -0.141. The SMILES string of the molecule is CC(=O)N1CCc2c(c(Nc3ccc(-c4cn(C)nc4C(F)(F)F)cn3)nn2C)C1. The maximum absolute atomic E-state index is 13.2. The number of alkyl halides is 3. The number of rotatable bonds is 3. The van der Waals surface area contributed by atoms with Gasteiger partial charge >= 0.3 is 6.18 Å². The van der Waals surface area contributed by atoms with E-state index in [1.54, 1.807) is 21.7 Å². The van der Waals surface area contributed by atoms with Gasteiger partial charge in [0, 0.05) is 68.8 Å². The number of hydrogen-bond donors (Lipinski definition) is 1. The number of amides is 1.